The minimum atomic E-state index is -1.04. The lowest BCUT2D eigenvalue weighted by Gasteiger charge is -2.13. The van der Waals surface area contributed by atoms with Crippen molar-refractivity contribution in [3.05, 3.63) is 120 Å². The summed E-state index contributed by atoms with van der Waals surface area (Å²) < 4.78 is 11.9. The van der Waals surface area contributed by atoms with Crippen LogP contribution < -0.4 is 9.47 Å². The summed E-state index contributed by atoms with van der Waals surface area (Å²) >= 11 is 0. The van der Waals surface area contributed by atoms with Gasteiger partial charge in [-0.1, -0.05) is 72.8 Å². The van der Waals surface area contributed by atoms with Gasteiger partial charge in [0.05, 0.1) is 0 Å². The van der Waals surface area contributed by atoms with Gasteiger partial charge in [0.25, 0.3) is 0 Å². The molecule has 5 rings (SSSR count). The van der Waals surface area contributed by atoms with Crippen molar-refractivity contribution in [2.75, 3.05) is 0 Å². The van der Waals surface area contributed by atoms with Crippen LogP contribution in [0.4, 0.5) is 0 Å². The molecule has 0 bridgehead atoms. The highest BCUT2D eigenvalue weighted by atomic mass is 16.5. The number of hydrogen-bond acceptors (Lipinski definition) is 3. The highest BCUT2D eigenvalue weighted by Crippen LogP contribution is 2.27. The quantitative estimate of drug-likeness (QED) is 0.304. The van der Waals surface area contributed by atoms with Gasteiger partial charge >= 0.3 is 5.97 Å². The largest absolute Gasteiger partial charge is 0.489 e. The second-order valence-electron chi connectivity index (χ2n) is 7.90. The number of rotatable bonds is 7. The lowest BCUT2D eigenvalue weighted by molar-refractivity contribution is 0.0691. The molecule has 5 aromatic rings. The Labute approximate surface area is 191 Å². The SMILES string of the molecule is O=C(O)c1ccc(OCc2ccc3ccccc3c2)cc1OCc1ccc2ccccc2c1. The number of ether oxygens (including phenoxy) is 2. The van der Waals surface area contributed by atoms with Crippen molar-refractivity contribution in [1.29, 1.82) is 0 Å². The number of benzene rings is 5. The van der Waals surface area contributed by atoms with Gasteiger partial charge in [0.15, 0.2) is 0 Å². The van der Waals surface area contributed by atoms with Gasteiger partial charge in [-0.15, -0.1) is 0 Å². The highest BCUT2D eigenvalue weighted by molar-refractivity contribution is 5.91. The minimum absolute atomic E-state index is 0.105. The maximum absolute atomic E-state index is 11.7. The van der Waals surface area contributed by atoms with Crippen molar-refractivity contribution >= 4 is 27.5 Å². The average molecular weight is 434 g/mol. The molecule has 0 unspecified atom stereocenters. The first-order valence-corrected chi connectivity index (χ1v) is 10.7. The molecule has 5 aromatic carbocycles. The number of carboxylic acid groups (broad SMARTS) is 1. The zero-order valence-corrected chi connectivity index (χ0v) is 17.9. The summed E-state index contributed by atoms with van der Waals surface area (Å²) in [5, 5.41) is 14.2. The fourth-order valence-corrected chi connectivity index (χ4v) is 3.87. The maximum atomic E-state index is 11.7. The molecule has 0 aliphatic rings. The first-order chi connectivity index (χ1) is 16.2. The molecule has 0 heterocycles. The van der Waals surface area contributed by atoms with Gasteiger partial charge < -0.3 is 14.6 Å². The Hall–Kier alpha value is -4.31. The fourth-order valence-electron chi connectivity index (χ4n) is 3.87. The molecule has 4 heteroatoms. The predicted octanol–water partition coefficient (Wildman–Crippen LogP) is 6.85. The van der Waals surface area contributed by atoms with E-state index < -0.39 is 5.97 Å². The van der Waals surface area contributed by atoms with Crippen LogP contribution in [0, 0.1) is 0 Å². The Kier molecular flexibility index (Phi) is 5.64. The van der Waals surface area contributed by atoms with Crippen LogP contribution in [-0.4, -0.2) is 11.1 Å². The first-order valence-electron chi connectivity index (χ1n) is 10.7. The van der Waals surface area contributed by atoms with Crippen LogP contribution in [-0.2, 0) is 13.2 Å². The van der Waals surface area contributed by atoms with Gasteiger partial charge in [0.2, 0.25) is 0 Å². The van der Waals surface area contributed by atoms with Gasteiger partial charge in [-0.3, -0.25) is 0 Å². The van der Waals surface area contributed by atoms with E-state index in [0.29, 0.717) is 12.4 Å². The zero-order chi connectivity index (χ0) is 22.6. The van der Waals surface area contributed by atoms with Crippen molar-refractivity contribution in [1.82, 2.24) is 0 Å². The number of carbonyl (C=O) groups is 1. The van der Waals surface area contributed by atoms with Crippen LogP contribution in [0.2, 0.25) is 0 Å². The van der Waals surface area contributed by atoms with Crippen LogP contribution in [0.15, 0.2) is 103 Å². The molecular formula is C29H22O4. The second kappa shape index (κ2) is 9.05. The monoisotopic (exact) mass is 434 g/mol. The summed E-state index contributed by atoms with van der Waals surface area (Å²) in [6.07, 6.45) is 0. The van der Waals surface area contributed by atoms with Crippen molar-refractivity contribution in [2.45, 2.75) is 13.2 Å². The molecule has 0 aliphatic carbocycles. The van der Waals surface area contributed by atoms with Crippen molar-refractivity contribution in [3.8, 4) is 11.5 Å². The summed E-state index contributed by atoms with van der Waals surface area (Å²) in [6, 6.07) is 33.4. The molecule has 0 amide bonds. The van der Waals surface area contributed by atoms with E-state index in [1.165, 1.54) is 11.5 Å². The molecule has 0 atom stereocenters. The maximum Gasteiger partial charge on any atom is 0.339 e. The summed E-state index contributed by atoms with van der Waals surface area (Å²) in [4.78, 5) is 11.7. The number of carboxylic acids is 1. The molecule has 4 nitrogen and oxygen atoms in total. The van der Waals surface area contributed by atoms with E-state index in [1.807, 2.05) is 48.5 Å². The third-order valence-corrected chi connectivity index (χ3v) is 5.61. The molecule has 0 saturated heterocycles. The van der Waals surface area contributed by atoms with Crippen LogP contribution in [0.25, 0.3) is 21.5 Å². The number of fused-ring (bicyclic) bond motifs is 2. The van der Waals surface area contributed by atoms with Gasteiger partial charge in [-0.25, -0.2) is 4.79 Å². The molecule has 162 valence electrons. The summed E-state index contributed by atoms with van der Waals surface area (Å²) in [5.41, 5.74) is 2.11. The van der Waals surface area contributed by atoms with Gasteiger partial charge in [0, 0.05) is 6.07 Å². The number of hydrogen-bond donors (Lipinski definition) is 1. The molecule has 0 radical (unpaired) electrons. The van der Waals surface area contributed by atoms with Gasteiger partial charge in [0.1, 0.15) is 30.3 Å². The van der Waals surface area contributed by atoms with Crippen molar-refractivity contribution in [3.63, 3.8) is 0 Å². The molecule has 0 aromatic heterocycles. The van der Waals surface area contributed by atoms with Gasteiger partial charge in [-0.2, -0.15) is 0 Å². The van der Waals surface area contributed by atoms with E-state index in [2.05, 4.69) is 36.4 Å². The Morgan fingerprint density at radius 1 is 0.606 bits per heavy atom. The van der Waals surface area contributed by atoms with E-state index in [1.54, 1.807) is 12.1 Å². The van der Waals surface area contributed by atoms with Crippen LogP contribution in [0.5, 0.6) is 11.5 Å². The molecule has 0 aliphatic heterocycles. The van der Waals surface area contributed by atoms with Crippen LogP contribution in [0.1, 0.15) is 21.5 Å². The molecule has 0 spiro atoms. The normalized spacial score (nSPS) is 10.9. The highest BCUT2D eigenvalue weighted by Gasteiger charge is 2.13. The number of aromatic carboxylic acids is 1. The predicted molar refractivity (Wildman–Crippen MR) is 130 cm³/mol. The third-order valence-electron chi connectivity index (χ3n) is 5.61. The molecule has 33 heavy (non-hydrogen) atoms. The van der Waals surface area contributed by atoms with Crippen LogP contribution in [0.3, 0.4) is 0 Å². The lowest BCUT2D eigenvalue weighted by atomic mass is 10.1. The second-order valence-corrected chi connectivity index (χ2v) is 7.90. The standard InChI is InChI=1S/C29H22O4/c30-29(31)27-14-13-26(32-18-20-9-11-22-5-1-3-7-24(22)15-20)17-28(27)33-19-21-10-12-23-6-2-4-8-25(23)16-21/h1-17H,18-19H2,(H,30,31). The summed E-state index contributed by atoms with van der Waals surface area (Å²) in [6.45, 7) is 0.639. The van der Waals surface area contributed by atoms with E-state index >= 15 is 0 Å². The summed E-state index contributed by atoms with van der Waals surface area (Å²) in [5.74, 6) is -0.196. The Bertz CT molecular complexity index is 1460. The first kappa shape index (κ1) is 20.6. The lowest BCUT2D eigenvalue weighted by Crippen LogP contribution is -2.04. The Morgan fingerprint density at radius 2 is 1.15 bits per heavy atom. The zero-order valence-electron chi connectivity index (χ0n) is 17.9. The Morgan fingerprint density at radius 3 is 1.73 bits per heavy atom. The topological polar surface area (TPSA) is 55.8 Å². The van der Waals surface area contributed by atoms with E-state index in [9.17, 15) is 9.90 Å². The average Bonchev–Trinajstić information content (AvgIpc) is 2.86. The van der Waals surface area contributed by atoms with Crippen molar-refractivity contribution < 1.29 is 19.4 Å². The summed E-state index contributed by atoms with van der Waals surface area (Å²) in [7, 11) is 0. The molecule has 0 saturated carbocycles. The minimum Gasteiger partial charge on any atom is -0.489 e. The van der Waals surface area contributed by atoms with Crippen molar-refractivity contribution in [2.24, 2.45) is 0 Å². The Balaban J connectivity index is 1.33. The molecule has 1 N–H and O–H groups in total. The molecule has 0 fully saturated rings. The van der Waals surface area contributed by atoms with Gasteiger partial charge in [-0.05, 0) is 56.9 Å². The third kappa shape index (κ3) is 4.65. The van der Waals surface area contributed by atoms with E-state index in [4.69, 9.17) is 9.47 Å². The van der Waals surface area contributed by atoms with Crippen LogP contribution >= 0.6 is 0 Å². The van der Waals surface area contributed by atoms with E-state index in [0.717, 1.165) is 27.3 Å². The van der Waals surface area contributed by atoms with E-state index in [-0.39, 0.29) is 17.9 Å². The smallest absolute Gasteiger partial charge is 0.339 e. The fraction of sp³-hybridized carbons (Fsp3) is 0.0690. The molecular weight excluding hydrogens is 412 g/mol.